The lowest BCUT2D eigenvalue weighted by atomic mass is 9.84. The van der Waals surface area contributed by atoms with Gasteiger partial charge in [0, 0.05) is 11.1 Å². The highest BCUT2D eigenvalue weighted by Gasteiger charge is 2.50. The molecule has 2 fully saturated rings. The lowest BCUT2D eigenvalue weighted by molar-refractivity contribution is 0.453. The van der Waals surface area contributed by atoms with Crippen LogP contribution in [0.4, 0.5) is 0 Å². The molecule has 1 saturated carbocycles. The van der Waals surface area contributed by atoms with Gasteiger partial charge in [-0.3, -0.25) is 4.98 Å². The molecule has 0 amide bonds. The van der Waals surface area contributed by atoms with E-state index in [0.717, 1.165) is 24.9 Å². The Hall–Kier alpha value is -0.890. The standard InChI is InChI=1S/C16H24N2/c1-11-10-16(11,3)15-14(5-4-12(2)18-15)13-6-8-17-9-7-13/h4-5,11,13,17H,6-10H2,1-3H3/t11-,16+/m0/s1. The summed E-state index contributed by atoms with van der Waals surface area (Å²) in [4.78, 5) is 4.91. The molecule has 1 saturated heterocycles. The summed E-state index contributed by atoms with van der Waals surface area (Å²) in [6.45, 7) is 9.18. The summed E-state index contributed by atoms with van der Waals surface area (Å²) >= 11 is 0. The third-order valence-electron chi connectivity index (χ3n) is 5.04. The number of aromatic nitrogens is 1. The topological polar surface area (TPSA) is 24.9 Å². The Labute approximate surface area is 110 Å². The van der Waals surface area contributed by atoms with E-state index in [0.29, 0.717) is 5.41 Å². The van der Waals surface area contributed by atoms with E-state index in [1.807, 2.05) is 0 Å². The van der Waals surface area contributed by atoms with Crippen molar-refractivity contribution in [1.82, 2.24) is 10.3 Å². The normalized spacial score (nSPS) is 32.5. The first-order valence-corrected chi connectivity index (χ1v) is 7.30. The molecular weight excluding hydrogens is 220 g/mol. The number of aryl methyl sites for hydroxylation is 1. The van der Waals surface area contributed by atoms with Crippen molar-refractivity contribution in [1.29, 1.82) is 0 Å². The summed E-state index contributed by atoms with van der Waals surface area (Å²) in [7, 11) is 0. The molecule has 0 bridgehead atoms. The van der Waals surface area contributed by atoms with Crippen molar-refractivity contribution < 1.29 is 0 Å². The predicted octanol–water partition coefficient (Wildman–Crippen LogP) is 3.15. The average molecular weight is 244 g/mol. The van der Waals surface area contributed by atoms with E-state index in [1.165, 1.54) is 36.2 Å². The second kappa shape index (κ2) is 4.34. The molecule has 0 unspecified atom stereocenters. The molecule has 0 radical (unpaired) electrons. The van der Waals surface area contributed by atoms with Gasteiger partial charge in [0.15, 0.2) is 0 Å². The number of nitrogens with zero attached hydrogens (tertiary/aromatic N) is 1. The highest BCUT2D eigenvalue weighted by molar-refractivity contribution is 5.37. The van der Waals surface area contributed by atoms with Crippen LogP contribution < -0.4 is 5.32 Å². The lowest BCUT2D eigenvalue weighted by Crippen LogP contribution is -2.28. The van der Waals surface area contributed by atoms with Crippen LogP contribution in [0.2, 0.25) is 0 Å². The summed E-state index contributed by atoms with van der Waals surface area (Å²) in [6.07, 6.45) is 3.84. The summed E-state index contributed by atoms with van der Waals surface area (Å²) in [6, 6.07) is 4.54. The van der Waals surface area contributed by atoms with E-state index < -0.39 is 0 Å². The second-order valence-corrected chi connectivity index (χ2v) is 6.44. The van der Waals surface area contributed by atoms with Gasteiger partial charge in [-0.25, -0.2) is 0 Å². The molecule has 0 aromatic carbocycles. The quantitative estimate of drug-likeness (QED) is 0.864. The molecule has 18 heavy (non-hydrogen) atoms. The lowest BCUT2D eigenvalue weighted by Gasteiger charge is -2.27. The fourth-order valence-electron chi connectivity index (χ4n) is 3.39. The minimum Gasteiger partial charge on any atom is -0.317 e. The molecule has 1 aliphatic heterocycles. The van der Waals surface area contributed by atoms with Crippen molar-refractivity contribution in [3.8, 4) is 0 Å². The van der Waals surface area contributed by atoms with E-state index in [1.54, 1.807) is 0 Å². The molecule has 98 valence electrons. The first-order chi connectivity index (χ1) is 8.61. The van der Waals surface area contributed by atoms with Crippen LogP contribution in [0.25, 0.3) is 0 Å². The van der Waals surface area contributed by atoms with Crippen molar-refractivity contribution in [3.63, 3.8) is 0 Å². The largest absolute Gasteiger partial charge is 0.317 e. The van der Waals surface area contributed by atoms with E-state index in [4.69, 9.17) is 4.98 Å². The maximum absolute atomic E-state index is 4.91. The smallest absolute Gasteiger partial charge is 0.0503 e. The van der Waals surface area contributed by atoms with Crippen molar-refractivity contribution in [3.05, 3.63) is 29.1 Å². The van der Waals surface area contributed by atoms with Gasteiger partial charge in [0.25, 0.3) is 0 Å². The van der Waals surface area contributed by atoms with Crippen molar-refractivity contribution in [2.24, 2.45) is 5.92 Å². The van der Waals surface area contributed by atoms with Gasteiger partial charge in [-0.05, 0) is 62.7 Å². The molecule has 1 aromatic rings. The van der Waals surface area contributed by atoms with Crippen LogP contribution in [0.3, 0.4) is 0 Å². The monoisotopic (exact) mass is 244 g/mol. The summed E-state index contributed by atoms with van der Waals surface area (Å²) < 4.78 is 0. The minimum atomic E-state index is 0.353. The summed E-state index contributed by atoms with van der Waals surface area (Å²) in [5.41, 5.74) is 4.46. The van der Waals surface area contributed by atoms with Crippen LogP contribution in [0.1, 0.15) is 56.0 Å². The van der Waals surface area contributed by atoms with Crippen LogP contribution in [0.15, 0.2) is 12.1 Å². The Morgan fingerprint density at radius 1 is 1.28 bits per heavy atom. The molecule has 2 nitrogen and oxygen atoms in total. The highest BCUT2D eigenvalue weighted by atomic mass is 14.9. The molecule has 2 heteroatoms. The van der Waals surface area contributed by atoms with Crippen molar-refractivity contribution in [2.45, 2.75) is 51.4 Å². The third-order valence-corrected chi connectivity index (χ3v) is 5.04. The van der Waals surface area contributed by atoms with Gasteiger partial charge in [0.2, 0.25) is 0 Å². The maximum Gasteiger partial charge on any atom is 0.0503 e. The third kappa shape index (κ3) is 1.97. The molecule has 2 atom stereocenters. The molecular formula is C16H24N2. The van der Waals surface area contributed by atoms with Gasteiger partial charge >= 0.3 is 0 Å². The van der Waals surface area contributed by atoms with Gasteiger partial charge < -0.3 is 5.32 Å². The van der Waals surface area contributed by atoms with Crippen LogP contribution in [0, 0.1) is 12.8 Å². The van der Waals surface area contributed by atoms with E-state index >= 15 is 0 Å². The molecule has 0 spiro atoms. The fourth-order valence-corrected chi connectivity index (χ4v) is 3.39. The van der Waals surface area contributed by atoms with E-state index in [-0.39, 0.29) is 0 Å². The van der Waals surface area contributed by atoms with Gasteiger partial charge in [-0.2, -0.15) is 0 Å². The van der Waals surface area contributed by atoms with Crippen molar-refractivity contribution >= 4 is 0 Å². The van der Waals surface area contributed by atoms with Gasteiger partial charge in [-0.1, -0.05) is 19.9 Å². The van der Waals surface area contributed by atoms with E-state index in [9.17, 15) is 0 Å². The SMILES string of the molecule is Cc1ccc(C2CCNCC2)c([C@]2(C)C[C@@H]2C)n1. The number of hydrogen-bond donors (Lipinski definition) is 1. The number of piperidine rings is 1. The average Bonchev–Trinajstić information content (AvgIpc) is 3.00. The first-order valence-electron chi connectivity index (χ1n) is 7.30. The molecule has 1 aliphatic carbocycles. The number of nitrogens with one attached hydrogen (secondary N) is 1. The van der Waals surface area contributed by atoms with Crippen LogP contribution in [-0.2, 0) is 5.41 Å². The minimum absolute atomic E-state index is 0.353. The van der Waals surface area contributed by atoms with Gasteiger partial charge in [0.1, 0.15) is 0 Å². The molecule has 2 aliphatic rings. The Bertz CT molecular complexity index is 448. The van der Waals surface area contributed by atoms with Crippen LogP contribution in [0.5, 0.6) is 0 Å². The van der Waals surface area contributed by atoms with Crippen LogP contribution in [-0.4, -0.2) is 18.1 Å². The molecule has 2 heterocycles. The Kier molecular flexibility index (Phi) is 2.93. The molecule has 1 aromatic heterocycles. The van der Waals surface area contributed by atoms with Crippen LogP contribution >= 0.6 is 0 Å². The molecule has 1 N–H and O–H groups in total. The van der Waals surface area contributed by atoms with Gasteiger partial charge in [-0.15, -0.1) is 0 Å². The summed E-state index contributed by atoms with van der Waals surface area (Å²) in [5.74, 6) is 1.52. The maximum atomic E-state index is 4.91. The zero-order chi connectivity index (χ0) is 12.8. The first kappa shape index (κ1) is 12.2. The Morgan fingerprint density at radius 2 is 1.94 bits per heavy atom. The van der Waals surface area contributed by atoms with Gasteiger partial charge in [0.05, 0.1) is 5.69 Å². The number of rotatable bonds is 2. The second-order valence-electron chi connectivity index (χ2n) is 6.44. The van der Waals surface area contributed by atoms with E-state index in [2.05, 4.69) is 38.2 Å². The zero-order valence-corrected chi connectivity index (χ0v) is 11.8. The molecule has 3 rings (SSSR count). The fraction of sp³-hybridized carbons (Fsp3) is 0.688. The highest BCUT2D eigenvalue weighted by Crippen LogP contribution is 2.54. The predicted molar refractivity (Wildman–Crippen MR) is 75.0 cm³/mol. The Morgan fingerprint density at radius 3 is 2.56 bits per heavy atom. The summed E-state index contributed by atoms with van der Waals surface area (Å²) in [5, 5.41) is 3.46. The number of pyridine rings is 1. The number of hydrogen-bond acceptors (Lipinski definition) is 2. The zero-order valence-electron chi connectivity index (χ0n) is 11.8. The Balaban J connectivity index is 1.98. The van der Waals surface area contributed by atoms with Crippen molar-refractivity contribution in [2.75, 3.05) is 13.1 Å².